The Morgan fingerprint density at radius 3 is 2.50 bits per heavy atom. The Balaban J connectivity index is 1.72. The summed E-state index contributed by atoms with van der Waals surface area (Å²) in [5, 5.41) is 0. The normalized spacial score (nSPS) is 33.6. The molecule has 0 aromatic carbocycles. The summed E-state index contributed by atoms with van der Waals surface area (Å²) in [6.07, 6.45) is 7.63. The molecule has 3 nitrogen and oxygen atoms in total. The molecule has 2 fully saturated rings. The topological polar surface area (TPSA) is 26.3 Å². The summed E-state index contributed by atoms with van der Waals surface area (Å²) in [4.78, 5) is 12.1. The van der Waals surface area contributed by atoms with Gasteiger partial charge in [-0.1, -0.05) is 20.3 Å². The van der Waals surface area contributed by atoms with Gasteiger partial charge in [-0.25, -0.2) is 4.79 Å². The van der Waals surface area contributed by atoms with Crippen LogP contribution in [-0.4, -0.2) is 43.7 Å². The largest absolute Gasteiger partial charge is 0.461 e. The fraction of sp³-hybridized carbons (Fsp3) is 0.941. The maximum Gasteiger partial charge on any atom is 0.361 e. The average Bonchev–Trinajstić information content (AvgIpc) is 2.38. The second-order valence-corrected chi connectivity index (χ2v) is 7.62. The predicted octanol–water partition coefficient (Wildman–Crippen LogP) is 3.23. The van der Waals surface area contributed by atoms with Crippen LogP contribution in [0.4, 0.5) is 0 Å². The van der Waals surface area contributed by atoms with Gasteiger partial charge in [0, 0.05) is 0 Å². The second-order valence-electron chi connectivity index (χ2n) is 7.62. The highest BCUT2D eigenvalue weighted by atomic mass is 16.5. The van der Waals surface area contributed by atoms with E-state index < -0.39 is 0 Å². The van der Waals surface area contributed by atoms with Crippen LogP contribution in [0.2, 0.25) is 0 Å². The molecular weight excluding hydrogens is 250 g/mol. The lowest BCUT2D eigenvalue weighted by atomic mass is 9.76. The lowest BCUT2D eigenvalue weighted by molar-refractivity contribution is -0.907. The van der Waals surface area contributed by atoms with Gasteiger partial charge in [0.1, 0.15) is 0 Å². The number of hydrogen-bond acceptors (Lipinski definition) is 2. The van der Waals surface area contributed by atoms with E-state index in [0.29, 0.717) is 25.0 Å². The Bertz CT molecular complexity index is 323. The summed E-state index contributed by atoms with van der Waals surface area (Å²) < 4.78 is 6.49. The number of esters is 1. The standard InChI is InChI=1S/C17H32NO2/c1-14-7-8-16(15(2)11-14)13-20-17(19)12-18(3)9-5-4-6-10-18/h14-16H,4-13H2,1-3H3/q+1/t14-,15+,16-/m1/s1. The third-order valence-electron chi connectivity index (χ3n) is 5.47. The van der Waals surface area contributed by atoms with Gasteiger partial charge in [-0.15, -0.1) is 0 Å². The van der Waals surface area contributed by atoms with Crippen LogP contribution in [-0.2, 0) is 9.53 Å². The molecule has 1 saturated carbocycles. The maximum atomic E-state index is 12.1. The highest BCUT2D eigenvalue weighted by Gasteiger charge is 2.30. The van der Waals surface area contributed by atoms with Crippen molar-refractivity contribution in [3.8, 4) is 0 Å². The number of ether oxygens (including phenoxy) is 1. The van der Waals surface area contributed by atoms with E-state index in [4.69, 9.17) is 4.74 Å². The molecule has 116 valence electrons. The Morgan fingerprint density at radius 1 is 1.15 bits per heavy atom. The number of hydrogen-bond donors (Lipinski definition) is 0. The Hall–Kier alpha value is -0.570. The van der Waals surface area contributed by atoms with E-state index in [2.05, 4.69) is 20.9 Å². The lowest BCUT2D eigenvalue weighted by Gasteiger charge is -2.37. The number of carbonyl (C=O) groups excluding carboxylic acids is 1. The molecule has 3 atom stereocenters. The van der Waals surface area contributed by atoms with Gasteiger partial charge in [0.25, 0.3) is 0 Å². The van der Waals surface area contributed by atoms with Gasteiger partial charge in [0.05, 0.1) is 26.7 Å². The maximum absolute atomic E-state index is 12.1. The summed E-state index contributed by atoms with van der Waals surface area (Å²) in [5.41, 5.74) is 0. The zero-order chi connectivity index (χ0) is 14.6. The molecule has 0 amide bonds. The predicted molar refractivity (Wildman–Crippen MR) is 81.3 cm³/mol. The van der Waals surface area contributed by atoms with Crippen molar-refractivity contribution in [3.05, 3.63) is 0 Å². The van der Waals surface area contributed by atoms with Gasteiger partial charge in [0.15, 0.2) is 6.54 Å². The summed E-state index contributed by atoms with van der Waals surface area (Å²) in [6, 6.07) is 0. The van der Waals surface area contributed by atoms with Crippen LogP contribution in [0.5, 0.6) is 0 Å². The van der Waals surface area contributed by atoms with Gasteiger partial charge in [-0.2, -0.15) is 0 Å². The first kappa shape index (κ1) is 15.8. The molecule has 0 N–H and O–H groups in total. The number of likely N-dealkylation sites (N-methyl/N-ethyl adjacent to an activating group) is 1. The van der Waals surface area contributed by atoms with Gasteiger partial charge < -0.3 is 9.22 Å². The quantitative estimate of drug-likeness (QED) is 0.584. The molecule has 20 heavy (non-hydrogen) atoms. The van der Waals surface area contributed by atoms with Crippen molar-refractivity contribution in [1.29, 1.82) is 0 Å². The van der Waals surface area contributed by atoms with Crippen LogP contribution >= 0.6 is 0 Å². The zero-order valence-electron chi connectivity index (χ0n) is 13.6. The molecule has 0 aromatic rings. The van der Waals surface area contributed by atoms with E-state index in [1.165, 1.54) is 38.5 Å². The van der Waals surface area contributed by atoms with Crippen LogP contribution in [0.25, 0.3) is 0 Å². The number of likely N-dealkylation sites (tertiary alicyclic amines) is 1. The third kappa shape index (κ3) is 4.47. The number of carbonyl (C=O) groups is 1. The van der Waals surface area contributed by atoms with Crippen molar-refractivity contribution >= 4 is 5.97 Å². The molecule has 1 aliphatic heterocycles. The van der Waals surface area contributed by atoms with Gasteiger partial charge in [-0.3, -0.25) is 0 Å². The van der Waals surface area contributed by atoms with Crippen molar-refractivity contribution in [2.24, 2.45) is 17.8 Å². The summed E-state index contributed by atoms with van der Waals surface area (Å²) in [7, 11) is 2.20. The lowest BCUT2D eigenvalue weighted by Crippen LogP contribution is -2.51. The minimum Gasteiger partial charge on any atom is -0.461 e. The van der Waals surface area contributed by atoms with Crippen LogP contribution in [0.3, 0.4) is 0 Å². The van der Waals surface area contributed by atoms with Crippen molar-refractivity contribution in [1.82, 2.24) is 0 Å². The monoisotopic (exact) mass is 282 g/mol. The molecule has 1 saturated heterocycles. The molecule has 3 heteroatoms. The Morgan fingerprint density at radius 2 is 1.85 bits per heavy atom. The molecule has 0 bridgehead atoms. The number of piperidine rings is 1. The van der Waals surface area contributed by atoms with Crippen molar-refractivity contribution in [2.75, 3.05) is 33.3 Å². The molecule has 0 spiro atoms. The van der Waals surface area contributed by atoms with E-state index in [1.54, 1.807) is 0 Å². The van der Waals surface area contributed by atoms with E-state index in [0.717, 1.165) is 23.5 Å². The average molecular weight is 282 g/mol. The fourth-order valence-electron chi connectivity index (χ4n) is 3.97. The minimum atomic E-state index is 0.0141. The molecule has 0 unspecified atom stereocenters. The molecule has 1 heterocycles. The van der Waals surface area contributed by atoms with Gasteiger partial charge in [0.2, 0.25) is 0 Å². The van der Waals surface area contributed by atoms with Gasteiger partial charge in [-0.05, 0) is 49.9 Å². The molecule has 2 aliphatic rings. The number of quaternary nitrogens is 1. The van der Waals surface area contributed by atoms with Gasteiger partial charge >= 0.3 is 5.97 Å². The number of nitrogens with zero attached hydrogens (tertiary/aromatic N) is 1. The third-order valence-corrected chi connectivity index (χ3v) is 5.47. The van der Waals surface area contributed by atoms with Crippen LogP contribution in [0.15, 0.2) is 0 Å². The highest BCUT2D eigenvalue weighted by molar-refractivity contribution is 5.70. The Labute approximate surface area is 124 Å². The van der Waals surface area contributed by atoms with Crippen molar-refractivity contribution in [3.63, 3.8) is 0 Å². The second kappa shape index (κ2) is 6.93. The van der Waals surface area contributed by atoms with Crippen LogP contribution in [0, 0.1) is 17.8 Å². The molecule has 0 aromatic heterocycles. The minimum absolute atomic E-state index is 0.0141. The van der Waals surface area contributed by atoms with E-state index in [-0.39, 0.29) is 5.97 Å². The number of rotatable bonds is 4. The van der Waals surface area contributed by atoms with E-state index in [9.17, 15) is 4.79 Å². The highest BCUT2D eigenvalue weighted by Crippen LogP contribution is 2.33. The molecular formula is C17H32NO2+. The van der Waals surface area contributed by atoms with Crippen molar-refractivity contribution in [2.45, 2.75) is 52.4 Å². The molecule has 2 rings (SSSR count). The molecule has 0 radical (unpaired) electrons. The first-order chi connectivity index (χ1) is 9.48. The molecule has 1 aliphatic carbocycles. The van der Waals surface area contributed by atoms with Crippen LogP contribution in [0.1, 0.15) is 52.4 Å². The summed E-state index contributed by atoms with van der Waals surface area (Å²) in [5.74, 6) is 2.14. The van der Waals surface area contributed by atoms with Crippen LogP contribution < -0.4 is 0 Å². The SMILES string of the molecule is C[C@@H]1CC[C@H](COC(=O)C[N+]2(C)CCCCC2)[C@@H](C)C1. The summed E-state index contributed by atoms with van der Waals surface area (Å²) in [6.45, 7) is 8.12. The smallest absolute Gasteiger partial charge is 0.361 e. The first-order valence-corrected chi connectivity index (χ1v) is 8.48. The Kier molecular flexibility index (Phi) is 5.48. The summed E-state index contributed by atoms with van der Waals surface area (Å²) >= 11 is 0. The fourth-order valence-corrected chi connectivity index (χ4v) is 3.97. The van der Waals surface area contributed by atoms with Crippen molar-refractivity contribution < 1.29 is 14.0 Å². The first-order valence-electron chi connectivity index (χ1n) is 8.48. The van der Waals surface area contributed by atoms with E-state index >= 15 is 0 Å². The zero-order valence-corrected chi connectivity index (χ0v) is 13.6. The van der Waals surface area contributed by atoms with E-state index in [1.807, 2.05) is 0 Å².